The lowest BCUT2D eigenvalue weighted by atomic mass is 10.3. The molecule has 92 valence electrons. The van der Waals surface area contributed by atoms with Gasteiger partial charge in [0.15, 0.2) is 0 Å². The first-order valence-electron chi connectivity index (χ1n) is 5.52. The van der Waals surface area contributed by atoms with E-state index in [-0.39, 0.29) is 0 Å². The average molecular weight is 306 g/mol. The standard InChI is InChI=1S/C12H12BrN5/c1-17-5-4-15-11(17)7-18-10-3-2-8(13)6-9(10)16-12(18)14/h2-6H,7H2,1H3,(H2,14,16). The van der Waals surface area contributed by atoms with Crippen molar-refractivity contribution in [3.63, 3.8) is 0 Å². The number of hydrogen-bond acceptors (Lipinski definition) is 3. The fourth-order valence-electron chi connectivity index (χ4n) is 1.98. The molecular formula is C12H12BrN5. The second kappa shape index (κ2) is 4.13. The number of imidazole rings is 2. The van der Waals surface area contributed by atoms with E-state index in [1.54, 1.807) is 6.20 Å². The maximum Gasteiger partial charge on any atom is 0.201 e. The maximum atomic E-state index is 5.97. The minimum atomic E-state index is 0.506. The summed E-state index contributed by atoms with van der Waals surface area (Å²) in [5.41, 5.74) is 7.87. The molecule has 0 fully saturated rings. The van der Waals surface area contributed by atoms with E-state index in [1.165, 1.54) is 0 Å². The summed E-state index contributed by atoms with van der Waals surface area (Å²) in [6.07, 6.45) is 3.70. The highest BCUT2D eigenvalue weighted by Gasteiger charge is 2.10. The van der Waals surface area contributed by atoms with Crippen LogP contribution < -0.4 is 5.73 Å². The van der Waals surface area contributed by atoms with E-state index in [0.29, 0.717) is 12.5 Å². The van der Waals surface area contributed by atoms with Gasteiger partial charge in [0.2, 0.25) is 5.95 Å². The molecule has 2 heterocycles. The monoisotopic (exact) mass is 305 g/mol. The van der Waals surface area contributed by atoms with E-state index in [1.807, 2.05) is 40.6 Å². The van der Waals surface area contributed by atoms with Gasteiger partial charge in [-0.2, -0.15) is 0 Å². The lowest BCUT2D eigenvalue weighted by Crippen LogP contribution is -2.08. The predicted octanol–water partition coefficient (Wildman–Crippen LogP) is 2.16. The molecule has 3 aromatic rings. The number of benzene rings is 1. The Balaban J connectivity index is 2.11. The number of aromatic nitrogens is 4. The second-order valence-corrected chi connectivity index (χ2v) is 5.06. The van der Waals surface area contributed by atoms with Crippen LogP contribution in [0.5, 0.6) is 0 Å². The minimum absolute atomic E-state index is 0.506. The summed E-state index contributed by atoms with van der Waals surface area (Å²) in [6.45, 7) is 0.619. The van der Waals surface area contributed by atoms with Crippen LogP contribution in [0.4, 0.5) is 5.95 Å². The van der Waals surface area contributed by atoms with Crippen molar-refractivity contribution in [2.45, 2.75) is 6.54 Å². The van der Waals surface area contributed by atoms with Crippen molar-refractivity contribution in [2.75, 3.05) is 5.73 Å². The third kappa shape index (κ3) is 1.78. The van der Waals surface area contributed by atoms with Crippen LogP contribution in [0.3, 0.4) is 0 Å². The van der Waals surface area contributed by atoms with Crippen LogP contribution in [0.1, 0.15) is 5.82 Å². The van der Waals surface area contributed by atoms with E-state index < -0.39 is 0 Å². The molecule has 6 heteroatoms. The Morgan fingerprint density at radius 2 is 2.22 bits per heavy atom. The predicted molar refractivity (Wildman–Crippen MR) is 74.2 cm³/mol. The van der Waals surface area contributed by atoms with Crippen molar-refractivity contribution in [3.8, 4) is 0 Å². The molecule has 0 amide bonds. The van der Waals surface area contributed by atoms with Crippen LogP contribution in [-0.2, 0) is 13.6 Å². The van der Waals surface area contributed by atoms with Crippen LogP contribution in [0.15, 0.2) is 35.1 Å². The summed E-state index contributed by atoms with van der Waals surface area (Å²) in [5, 5.41) is 0. The van der Waals surface area contributed by atoms with Gasteiger partial charge >= 0.3 is 0 Å². The molecule has 0 spiro atoms. The van der Waals surface area contributed by atoms with Gasteiger partial charge < -0.3 is 14.9 Å². The zero-order valence-electron chi connectivity index (χ0n) is 9.84. The summed E-state index contributed by atoms with van der Waals surface area (Å²) in [7, 11) is 1.97. The number of hydrogen-bond donors (Lipinski definition) is 1. The zero-order chi connectivity index (χ0) is 12.7. The zero-order valence-corrected chi connectivity index (χ0v) is 11.4. The molecule has 2 N–H and O–H groups in total. The molecular weight excluding hydrogens is 294 g/mol. The fraction of sp³-hybridized carbons (Fsp3) is 0.167. The number of fused-ring (bicyclic) bond motifs is 1. The molecule has 0 radical (unpaired) electrons. The smallest absolute Gasteiger partial charge is 0.201 e. The average Bonchev–Trinajstić information content (AvgIpc) is 2.85. The minimum Gasteiger partial charge on any atom is -0.369 e. The van der Waals surface area contributed by atoms with E-state index in [0.717, 1.165) is 21.3 Å². The van der Waals surface area contributed by atoms with Gasteiger partial charge in [0.05, 0.1) is 17.6 Å². The quantitative estimate of drug-likeness (QED) is 0.789. The maximum absolute atomic E-state index is 5.97. The van der Waals surface area contributed by atoms with Gasteiger partial charge in [0, 0.05) is 23.9 Å². The first-order chi connectivity index (χ1) is 8.65. The molecule has 1 aromatic carbocycles. The third-order valence-corrected chi connectivity index (χ3v) is 3.45. The lowest BCUT2D eigenvalue weighted by Gasteiger charge is -2.06. The van der Waals surface area contributed by atoms with Gasteiger partial charge in [-0.05, 0) is 18.2 Å². The molecule has 0 unspecified atom stereocenters. The van der Waals surface area contributed by atoms with Gasteiger partial charge in [-0.3, -0.25) is 0 Å². The van der Waals surface area contributed by atoms with Crippen molar-refractivity contribution in [3.05, 3.63) is 40.9 Å². The van der Waals surface area contributed by atoms with E-state index in [9.17, 15) is 0 Å². The van der Waals surface area contributed by atoms with Crippen LogP contribution >= 0.6 is 15.9 Å². The molecule has 0 aliphatic rings. The fourth-order valence-corrected chi connectivity index (χ4v) is 2.33. The van der Waals surface area contributed by atoms with Gasteiger partial charge in [0.1, 0.15) is 5.82 Å². The number of nitrogen functional groups attached to an aromatic ring is 1. The Morgan fingerprint density at radius 1 is 1.39 bits per heavy atom. The van der Waals surface area contributed by atoms with Crippen molar-refractivity contribution in [1.29, 1.82) is 0 Å². The summed E-state index contributed by atoms with van der Waals surface area (Å²) in [6, 6.07) is 5.95. The Hall–Kier alpha value is -1.82. The van der Waals surface area contributed by atoms with Gasteiger partial charge in [-0.25, -0.2) is 9.97 Å². The highest BCUT2D eigenvalue weighted by Crippen LogP contribution is 2.22. The number of halogens is 1. The molecule has 5 nitrogen and oxygen atoms in total. The topological polar surface area (TPSA) is 61.7 Å². The van der Waals surface area contributed by atoms with E-state index in [4.69, 9.17) is 5.73 Å². The van der Waals surface area contributed by atoms with E-state index in [2.05, 4.69) is 25.9 Å². The summed E-state index contributed by atoms with van der Waals surface area (Å²) in [5.74, 6) is 1.45. The lowest BCUT2D eigenvalue weighted by molar-refractivity contribution is 0.720. The van der Waals surface area contributed by atoms with Crippen molar-refractivity contribution in [1.82, 2.24) is 19.1 Å². The SMILES string of the molecule is Cn1ccnc1Cn1c(N)nc2cc(Br)ccc21. The number of nitrogens with two attached hydrogens (primary N) is 1. The van der Waals surface area contributed by atoms with Gasteiger partial charge in [-0.1, -0.05) is 15.9 Å². The Kier molecular flexibility index (Phi) is 2.59. The van der Waals surface area contributed by atoms with E-state index >= 15 is 0 Å². The molecule has 0 aliphatic heterocycles. The van der Waals surface area contributed by atoms with Crippen LogP contribution in [-0.4, -0.2) is 19.1 Å². The van der Waals surface area contributed by atoms with Gasteiger partial charge in [-0.15, -0.1) is 0 Å². The van der Waals surface area contributed by atoms with Crippen molar-refractivity contribution >= 4 is 32.9 Å². The highest BCUT2D eigenvalue weighted by atomic mass is 79.9. The summed E-state index contributed by atoms with van der Waals surface area (Å²) < 4.78 is 4.94. The Morgan fingerprint density at radius 3 is 2.94 bits per heavy atom. The Bertz CT molecular complexity index is 712. The Labute approximate surface area is 112 Å². The molecule has 0 saturated carbocycles. The number of aryl methyl sites for hydroxylation is 1. The molecule has 18 heavy (non-hydrogen) atoms. The first-order valence-corrected chi connectivity index (χ1v) is 6.32. The van der Waals surface area contributed by atoms with Crippen LogP contribution in [0.2, 0.25) is 0 Å². The molecule has 3 rings (SSSR count). The largest absolute Gasteiger partial charge is 0.369 e. The van der Waals surface area contributed by atoms with Crippen LogP contribution in [0, 0.1) is 0 Å². The molecule has 0 atom stereocenters. The number of rotatable bonds is 2. The van der Waals surface area contributed by atoms with Crippen molar-refractivity contribution in [2.24, 2.45) is 7.05 Å². The number of anilines is 1. The molecule has 0 bridgehead atoms. The summed E-state index contributed by atoms with van der Waals surface area (Å²) >= 11 is 3.43. The third-order valence-electron chi connectivity index (χ3n) is 2.96. The second-order valence-electron chi connectivity index (χ2n) is 4.14. The van der Waals surface area contributed by atoms with Crippen LogP contribution in [0.25, 0.3) is 11.0 Å². The molecule has 0 aliphatic carbocycles. The van der Waals surface area contributed by atoms with Crippen molar-refractivity contribution < 1.29 is 0 Å². The normalized spacial score (nSPS) is 11.2. The highest BCUT2D eigenvalue weighted by molar-refractivity contribution is 9.10. The molecule has 2 aromatic heterocycles. The molecule has 0 saturated heterocycles. The van der Waals surface area contributed by atoms with Gasteiger partial charge in [0.25, 0.3) is 0 Å². The number of nitrogens with zero attached hydrogens (tertiary/aromatic N) is 4. The summed E-state index contributed by atoms with van der Waals surface area (Å²) in [4.78, 5) is 8.66. The first kappa shape index (κ1) is 11.3.